The first-order valence-corrected chi connectivity index (χ1v) is 31.2. The summed E-state index contributed by atoms with van der Waals surface area (Å²) in [4.78, 5) is 35.6. The number of benzene rings is 2. The molecule has 7 heterocycles. The Hall–Kier alpha value is -4.63. The number of carbonyl (C=O) groups is 1. The molecule has 5 aliphatic rings. The Labute approximate surface area is 422 Å². The van der Waals surface area contributed by atoms with Crippen LogP contribution in [0.1, 0.15) is 121 Å². The van der Waals surface area contributed by atoms with Gasteiger partial charge in [-0.3, -0.25) is 9.80 Å². The van der Waals surface area contributed by atoms with Crippen molar-refractivity contribution in [3.05, 3.63) is 59.7 Å². The van der Waals surface area contributed by atoms with E-state index in [4.69, 9.17) is 33.6 Å². The van der Waals surface area contributed by atoms with E-state index in [9.17, 15) is 4.79 Å². The van der Waals surface area contributed by atoms with Crippen LogP contribution in [-0.2, 0) is 9.16 Å². The number of hydrogen-bond donors (Lipinski definition) is 0. The number of aromatic nitrogens is 3. The lowest BCUT2D eigenvalue weighted by molar-refractivity contribution is 0.000931. The predicted octanol–water partition coefficient (Wildman–Crippen LogP) is 12.6. The topological polar surface area (TPSA) is 102 Å². The predicted molar refractivity (Wildman–Crippen MR) is 284 cm³/mol. The summed E-state index contributed by atoms with van der Waals surface area (Å²) in [6, 6.07) is 7.79. The average Bonchev–Trinajstić information content (AvgIpc) is 3.86. The molecule has 2 unspecified atom stereocenters. The molecule has 15 heteroatoms. The van der Waals surface area contributed by atoms with Gasteiger partial charge in [0.1, 0.15) is 54.6 Å². The van der Waals surface area contributed by atoms with Crippen molar-refractivity contribution < 1.29 is 32.2 Å². The van der Waals surface area contributed by atoms with Crippen LogP contribution in [0.15, 0.2) is 42.5 Å². The normalized spacial score (nSPS) is 24.7. The van der Waals surface area contributed by atoms with Crippen LogP contribution < -0.4 is 14.4 Å². The van der Waals surface area contributed by atoms with Gasteiger partial charge in [-0.25, -0.2) is 18.6 Å². The van der Waals surface area contributed by atoms with Gasteiger partial charge in [-0.1, -0.05) is 105 Å². The van der Waals surface area contributed by atoms with Gasteiger partial charge in [-0.05, 0) is 99.6 Å². The number of carbonyl (C=O) groups excluding carboxylic acids is 1. The van der Waals surface area contributed by atoms with E-state index in [-0.39, 0.29) is 64.6 Å². The zero-order valence-corrected chi connectivity index (χ0v) is 46.8. The summed E-state index contributed by atoms with van der Waals surface area (Å²) in [6.45, 7) is 39.1. The van der Waals surface area contributed by atoms with Gasteiger partial charge in [0, 0.05) is 30.6 Å². The molecule has 2 aromatic heterocycles. The minimum Gasteiger partial charge on any atom is -0.472 e. The fraction of sp³-hybridized carbons (Fsp3) is 0.607. The maximum Gasteiger partial charge on any atom is 0.410 e. The van der Waals surface area contributed by atoms with Crippen LogP contribution in [-0.4, -0.2) is 115 Å². The third-order valence-corrected chi connectivity index (χ3v) is 28.1. The molecule has 4 aromatic rings. The first-order chi connectivity index (χ1) is 33.2. The Morgan fingerprint density at radius 3 is 2.32 bits per heavy atom. The smallest absolute Gasteiger partial charge is 0.410 e. The summed E-state index contributed by atoms with van der Waals surface area (Å²) in [7, 11) is -4.41. The SMILES string of the molecule is C=C1CCN2CC(O[Si](C)(C)C(C)(C)C)CC12COc1nc2c3c(nc(-c4cccc5ccc(F)c(C#C[Si](C(C)C)(C(C)C)C(C)C)c45)c(F)c3n1)O[C@@H](C)[C@@H]1[C@@H]3CC[C@H](CN21)N3C(=O)OC(C)(C)C. The van der Waals surface area contributed by atoms with Gasteiger partial charge in [0.25, 0.3) is 0 Å². The summed E-state index contributed by atoms with van der Waals surface area (Å²) in [6.07, 6.45) is 2.12. The van der Waals surface area contributed by atoms with Crippen LogP contribution in [0.25, 0.3) is 32.9 Å². The highest BCUT2D eigenvalue weighted by Crippen LogP contribution is 2.50. The van der Waals surface area contributed by atoms with Crippen molar-refractivity contribution in [2.45, 2.75) is 192 Å². The molecule has 2 aromatic carbocycles. The van der Waals surface area contributed by atoms with Crippen molar-refractivity contribution >= 4 is 50.0 Å². The molecule has 5 aliphatic heterocycles. The number of hydrogen-bond acceptors (Lipinski definition) is 10. The number of amides is 1. The molecule has 11 nitrogen and oxygen atoms in total. The van der Waals surface area contributed by atoms with E-state index >= 15 is 8.78 Å². The lowest BCUT2D eigenvalue weighted by Crippen LogP contribution is -2.65. The van der Waals surface area contributed by atoms with Gasteiger partial charge >= 0.3 is 12.1 Å². The molecule has 0 spiro atoms. The minimum absolute atomic E-state index is 0.00324. The van der Waals surface area contributed by atoms with Crippen LogP contribution in [0, 0.1) is 23.1 Å². The first kappa shape index (κ1) is 51.3. The highest BCUT2D eigenvalue weighted by Gasteiger charge is 2.56. The quantitative estimate of drug-likeness (QED) is 0.0915. The molecule has 6 atom stereocenters. The molecule has 4 saturated heterocycles. The van der Waals surface area contributed by atoms with Crippen LogP contribution in [0.4, 0.5) is 19.4 Å². The van der Waals surface area contributed by atoms with Crippen molar-refractivity contribution in [2.24, 2.45) is 0 Å². The van der Waals surface area contributed by atoms with Crippen molar-refractivity contribution in [1.29, 1.82) is 0 Å². The van der Waals surface area contributed by atoms with Crippen LogP contribution in [0.2, 0.25) is 34.8 Å². The molecule has 0 aliphatic carbocycles. The number of nitrogens with zero attached hydrogens (tertiary/aromatic N) is 6. The summed E-state index contributed by atoms with van der Waals surface area (Å²) in [5, 5.41) is 1.55. The lowest BCUT2D eigenvalue weighted by atomic mass is 9.90. The molecule has 382 valence electrons. The van der Waals surface area contributed by atoms with Crippen LogP contribution >= 0.6 is 0 Å². The molecular weight excluding hydrogens is 931 g/mol. The zero-order chi connectivity index (χ0) is 51.5. The number of piperazine rings is 1. The summed E-state index contributed by atoms with van der Waals surface area (Å²) >= 11 is 0. The molecule has 2 bridgehead atoms. The highest BCUT2D eigenvalue weighted by molar-refractivity contribution is 6.90. The second-order valence-electron chi connectivity index (χ2n) is 24.6. The third kappa shape index (κ3) is 8.63. The van der Waals surface area contributed by atoms with Gasteiger partial charge in [0.05, 0.1) is 35.3 Å². The van der Waals surface area contributed by atoms with Crippen molar-refractivity contribution in [3.63, 3.8) is 0 Å². The maximum atomic E-state index is 18.3. The first-order valence-electron chi connectivity index (χ1n) is 26.0. The van der Waals surface area contributed by atoms with Crippen molar-refractivity contribution in [3.8, 4) is 34.6 Å². The molecule has 9 rings (SSSR count). The third-order valence-electron chi connectivity index (χ3n) is 17.2. The van der Waals surface area contributed by atoms with Crippen LogP contribution in [0.3, 0.4) is 0 Å². The van der Waals surface area contributed by atoms with E-state index in [1.165, 1.54) is 6.07 Å². The number of anilines is 1. The van der Waals surface area contributed by atoms with Crippen LogP contribution in [0.5, 0.6) is 11.9 Å². The van der Waals surface area contributed by atoms with Gasteiger partial charge in [-0.2, -0.15) is 9.97 Å². The van der Waals surface area contributed by atoms with Gasteiger partial charge in [0.15, 0.2) is 14.1 Å². The maximum absolute atomic E-state index is 18.3. The van der Waals surface area contributed by atoms with E-state index in [1.54, 1.807) is 12.1 Å². The number of halogens is 2. The van der Waals surface area contributed by atoms with E-state index in [1.807, 2.05) is 44.7 Å². The second-order valence-corrected chi connectivity index (χ2v) is 34.9. The van der Waals surface area contributed by atoms with Gasteiger partial charge in [0.2, 0.25) is 5.88 Å². The Morgan fingerprint density at radius 1 is 0.958 bits per heavy atom. The summed E-state index contributed by atoms with van der Waals surface area (Å²) < 4.78 is 61.5. The summed E-state index contributed by atoms with van der Waals surface area (Å²) in [5.74, 6) is 2.79. The van der Waals surface area contributed by atoms with Crippen molar-refractivity contribution in [2.75, 3.05) is 31.1 Å². The molecule has 4 fully saturated rings. The number of ether oxygens (including phenoxy) is 3. The minimum atomic E-state index is -2.32. The Bertz CT molecular complexity index is 2830. The monoisotopic (exact) mass is 1010 g/mol. The van der Waals surface area contributed by atoms with E-state index in [0.29, 0.717) is 57.1 Å². The standard InChI is InChI=1S/C56H76F2N6O5Si2/c1-32(2)71(33(3)4,34(5)6)27-25-40-42(57)22-20-37-18-17-19-41(44(37)40)47-46(58)48-45-50(63-29-38-21-23-43(49(63)36(8)67-51(45)59-47)64(38)53(65)68-54(9,10)11)61-52(60-48)66-31-56-28-39(30-62(56)26-24-35(56)7)69-70(15,16)55(12,13)14/h17-20,22,32-34,36,38-39,43,49H,7,21,23-24,26,28-31H2,1-6,8-16H3/t36-,38+,39?,43-,49+,56?/m0/s1. The second kappa shape index (κ2) is 18.1. The average molecular weight is 1010 g/mol. The Balaban J connectivity index is 1.21. The molecular formula is C56H76F2N6O5Si2. The number of pyridine rings is 1. The van der Waals surface area contributed by atoms with Crippen molar-refractivity contribution in [1.82, 2.24) is 24.8 Å². The number of fused-ring (bicyclic) bond motifs is 7. The Morgan fingerprint density at radius 2 is 1.66 bits per heavy atom. The van der Waals surface area contributed by atoms with E-state index in [2.05, 4.69) is 103 Å². The fourth-order valence-electron chi connectivity index (χ4n) is 12.8. The zero-order valence-electron chi connectivity index (χ0n) is 44.8. The van der Waals surface area contributed by atoms with Gasteiger partial charge < -0.3 is 23.5 Å². The van der Waals surface area contributed by atoms with Gasteiger partial charge in [-0.15, -0.1) is 5.54 Å². The molecule has 0 radical (unpaired) electrons. The lowest BCUT2D eigenvalue weighted by Gasteiger charge is -2.48. The molecule has 0 saturated carbocycles. The Kier molecular flexibility index (Phi) is 13.1. The fourth-order valence-corrected chi connectivity index (χ4v) is 19.4. The van der Waals surface area contributed by atoms with E-state index in [0.717, 1.165) is 37.9 Å². The summed E-state index contributed by atoms with van der Waals surface area (Å²) in [5.41, 5.74) is 5.08. The van der Waals surface area contributed by atoms with E-state index < -0.39 is 51.3 Å². The number of rotatable bonds is 9. The molecule has 1 amide bonds. The largest absolute Gasteiger partial charge is 0.472 e. The molecule has 71 heavy (non-hydrogen) atoms. The molecule has 0 N–H and O–H groups in total. The highest BCUT2D eigenvalue weighted by atomic mass is 28.4.